The second-order valence-corrected chi connectivity index (χ2v) is 3.33. The first-order chi connectivity index (χ1) is 5.79. The van der Waals surface area contributed by atoms with Crippen LogP contribution in [0.25, 0.3) is 0 Å². The molecule has 12 heavy (non-hydrogen) atoms. The first-order valence-corrected chi connectivity index (χ1v) is 4.20. The Morgan fingerprint density at radius 2 is 1.83 bits per heavy atom. The minimum absolute atomic E-state index is 0.0624. The van der Waals surface area contributed by atoms with Crippen molar-refractivity contribution >= 4 is 7.12 Å². The van der Waals surface area contributed by atoms with Gasteiger partial charge in [-0.25, -0.2) is 0 Å². The summed E-state index contributed by atoms with van der Waals surface area (Å²) < 4.78 is 0. The van der Waals surface area contributed by atoms with Crippen molar-refractivity contribution in [2.45, 2.75) is 18.2 Å². The highest BCUT2D eigenvalue weighted by molar-refractivity contribution is 6.44. The van der Waals surface area contributed by atoms with E-state index in [4.69, 9.17) is 10.0 Å². The van der Waals surface area contributed by atoms with Crippen molar-refractivity contribution in [3.63, 3.8) is 0 Å². The van der Waals surface area contributed by atoms with E-state index in [2.05, 4.69) is 0 Å². The SMILES string of the molecule is OB(O)[C@H]1C[C@H]1c1ccccc1. The van der Waals surface area contributed by atoms with Crippen molar-refractivity contribution in [3.05, 3.63) is 35.9 Å². The molecular formula is C9H11BO2. The van der Waals surface area contributed by atoms with Crippen LogP contribution in [0.2, 0.25) is 5.82 Å². The number of benzene rings is 1. The van der Waals surface area contributed by atoms with Gasteiger partial charge in [0.1, 0.15) is 0 Å². The van der Waals surface area contributed by atoms with E-state index in [1.165, 1.54) is 5.56 Å². The predicted octanol–water partition coefficient (Wildman–Crippen LogP) is 1.02. The maximum atomic E-state index is 8.88. The molecule has 0 unspecified atom stereocenters. The average Bonchev–Trinajstić information content (AvgIpc) is 2.84. The molecule has 2 rings (SSSR count). The summed E-state index contributed by atoms with van der Waals surface area (Å²) in [6.07, 6.45) is 0.904. The van der Waals surface area contributed by atoms with Crippen molar-refractivity contribution in [1.29, 1.82) is 0 Å². The molecule has 1 fully saturated rings. The normalized spacial score (nSPS) is 26.8. The zero-order chi connectivity index (χ0) is 8.55. The Morgan fingerprint density at radius 1 is 1.17 bits per heavy atom. The van der Waals surface area contributed by atoms with Gasteiger partial charge in [-0.3, -0.25) is 0 Å². The minimum Gasteiger partial charge on any atom is -0.427 e. The Balaban J connectivity index is 2.06. The average molecular weight is 162 g/mol. The van der Waals surface area contributed by atoms with Gasteiger partial charge in [-0.15, -0.1) is 0 Å². The van der Waals surface area contributed by atoms with Crippen molar-refractivity contribution in [3.8, 4) is 0 Å². The van der Waals surface area contributed by atoms with Gasteiger partial charge in [0.2, 0.25) is 0 Å². The van der Waals surface area contributed by atoms with Crippen molar-refractivity contribution in [2.24, 2.45) is 0 Å². The van der Waals surface area contributed by atoms with E-state index >= 15 is 0 Å². The fraction of sp³-hybridized carbons (Fsp3) is 0.333. The smallest absolute Gasteiger partial charge is 0.427 e. The lowest BCUT2D eigenvalue weighted by molar-refractivity contribution is 0.402. The summed E-state index contributed by atoms with van der Waals surface area (Å²) in [5.41, 5.74) is 1.22. The van der Waals surface area contributed by atoms with Crippen LogP contribution in [0.15, 0.2) is 30.3 Å². The molecule has 62 valence electrons. The Hall–Kier alpha value is -0.795. The summed E-state index contributed by atoms with van der Waals surface area (Å²) in [6, 6.07) is 10.00. The summed E-state index contributed by atoms with van der Waals surface area (Å²) in [5, 5.41) is 17.8. The number of hydrogen-bond donors (Lipinski definition) is 2. The number of hydrogen-bond acceptors (Lipinski definition) is 2. The third kappa shape index (κ3) is 1.38. The van der Waals surface area contributed by atoms with E-state index in [1.54, 1.807) is 0 Å². The van der Waals surface area contributed by atoms with Gasteiger partial charge in [-0.1, -0.05) is 30.3 Å². The van der Waals surface area contributed by atoms with Crippen LogP contribution in [0, 0.1) is 0 Å². The zero-order valence-electron chi connectivity index (χ0n) is 6.72. The molecule has 1 aliphatic rings. The molecule has 2 nitrogen and oxygen atoms in total. The molecule has 0 aliphatic heterocycles. The summed E-state index contributed by atoms with van der Waals surface area (Å²) in [4.78, 5) is 0. The molecule has 1 aliphatic carbocycles. The van der Waals surface area contributed by atoms with E-state index in [0.29, 0.717) is 5.92 Å². The quantitative estimate of drug-likeness (QED) is 0.637. The molecule has 1 aromatic carbocycles. The number of rotatable bonds is 2. The van der Waals surface area contributed by atoms with Gasteiger partial charge in [0.15, 0.2) is 0 Å². The van der Waals surface area contributed by atoms with Crippen LogP contribution in [0.3, 0.4) is 0 Å². The third-order valence-corrected chi connectivity index (χ3v) is 2.45. The molecule has 0 aromatic heterocycles. The summed E-state index contributed by atoms with van der Waals surface area (Å²) in [5.74, 6) is 0.429. The lowest BCUT2D eigenvalue weighted by Crippen LogP contribution is -2.10. The molecular weight excluding hydrogens is 151 g/mol. The van der Waals surface area contributed by atoms with E-state index in [1.807, 2.05) is 30.3 Å². The van der Waals surface area contributed by atoms with E-state index in [0.717, 1.165) is 6.42 Å². The standard InChI is InChI=1S/C9H11BO2/c11-10(12)9-6-8(9)7-4-2-1-3-5-7/h1-5,8-9,11-12H,6H2/t8-,9-/m0/s1. The molecule has 0 saturated heterocycles. The fourth-order valence-electron chi connectivity index (χ4n) is 1.63. The Kier molecular flexibility index (Phi) is 1.91. The predicted molar refractivity (Wildman–Crippen MR) is 47.7 cm³/mol. The summed E-state index contributed by atoms with van der Waals surface area (Å²) in [7, 11) is -1.14. The molecule has 0 amide bonds. The highest BCUT2D eigenvalue weighted by atomic mass is 16.4. The lowest BCUT2D eigenvalue weighted by Gasteiger charge is -1.98. The molecule has 1 aromatic rings. The van der Waals surface area contributed by atoms with Gasteiger partial charge in [0, 0.05) is 5.82 Å². The van der Waals surface area contributed by atoms with Crippen LogP contribution >= 0.6 is 0 Å². The van der Waals surface area contributed by atoms with Gasteiger partial charge < -0.3 is 10.0 Å². The summed E-state index contributed by atoms with van der Waals surface area (Å²) in [6.45, 7) is 0. The molecule has 1 saturated carbocycles. The van der Waals surface area contributed by atoms with E-state index < -0.39 is 7.12 Å². The van der Waals surface area contributed by atoms with Gasteiger partial charge in [-0.2, -0.15) is 0 Å². The van der Waals surface area contributed by atoms with Gasteiger partial charge in [0.05, 0.1) is 0 Å². The maximum Gasteiger partial charge on any atom is 0.455 e. The van der Waals surface area contributed by atoms with Crippen LogP contribution < -0.4 is 0 Å². The molecule has 0 spiro atoms. The van der Waals surface area contributed by atoms with Crippen LogP contribution in [0.1, 0.15) is 17.9 Å². The Bertz CT molecular complexity index is 260. The van der Waals surface area contributed by atoms with Crippen LogP contribution in [-0.2, 0) is 0 Å². The molecule has 2 N–H and O–H groups in total. The van der Waals surface area contributed by atoms with E-state index in [-0.39, 0.29) is 5.82 Å². The second kappa shape index (κ2) is 2.92. The van der Waals surface area contributed by atoms with Crippen molar-refractivity contribution < 1.29 is 10.0 Å². The monoisotopic (exact) mass is 162 g/mol. The van der Waals surface area contributed by atoms with Crippen LogP contribution in [-0.4, -0.2) is 17.2 Å². The molecule has 3 heteroatoms. The third-order valence-electron chi connectivity index (χ3n) is 2.45. The van der Waals surface area contributed by atoms with Crippen LogP contribution in [0.5, 0.6) is 0 Å². The topological polar surface area (TPSA) is 40.5 Å². The first-order valence-electron chi connectivity index (χ1n) is 4.20. The van der Waals surface area contributed by atoms with Crippen LogP contribution in [0.4, 0.5) is 0 Å². The minimum atomic E-state index is -1.14. The summed E-state index contributed by atoms with van der Waals surface area (Å²) >= 11 is 0. The largest absolute Gasteiger partial charge is 0.455 e. The molecule has 2 atom stereocenters. The van der Waals surface area contributed by atoms with Crippen molar-refractivity contribution in [1.82, 2.24) is 0 Å². The second-order valence-electron chi connectivity index (χ2n) is 3.33. The van der Waals surface area contributed by atoms with E-state index in [9.17, 15) is 0 Å². The van der Waals surface area contributed by atoms with Gasteiger partial charge in [-0.05, 0) is 17.9 Å². The highest BCUT2D eigenvalue weighted by Gasteiger charge is 2.45. The van der Waals surface area contributed by atoms with Gasteiger partial charge >= 0.3 is 7.12 Å². The zero-order valence-corrected chi connectivity index (χ0v) is 6.72. The highest BCUT2D eigenvalue weighted by Crippen LogP contribution is 2.53. The maximum absolute atomic E-state index is 8.88. The lowest BCUT2D eigenvalue weighted by atomic mass is 9.81. The molecule has 0 radical (unpaired) electrons. The molecule has 0 heterocycles. The molecule has 0 bridgehead atoms. The Morgan fingerprint density at radius 3 is 2.33 bits per heavy atom. The Labute approximate surface area is 72.0 Å². The fourth-order valence-corrected chi connectivity index (χ4v) is 1.63. The first kappa shape index (κ1) is 7.83. The van der Waals surface area contributed by atoms with Gasteiger partial charge in [0.25, 0.3) is 0 Å². The van der Waals surface area contributed by atoms with Crippen molar-refractivity contribution in [2.75, 3.05) is 0 Å².